The van der Waals surface area contributed by atoms with Gasteiger partial charge < -0.3 is 9.80 Å². The Hall–Kier alpha value is -5.86. The van der Waals surface area contributed by atoms with E-state index in [-0.39, 0.29) is 10.8 Å². The Morgan fingerprint density at radius 2 is 0.919 bits per heavy atom. The van der Waals surface area contributed by atoms with E-state index in [1.807, 2.05) is 0 Å². The molecule has 8 aliphatic carbocycles. The molecule has 5 saturated carbocycles. The molecule has 0 amide bonds. The van der Waals surface area contributed by atoms with Crippen molar-refractivity contribution in [3.8, 4) is 11.1 Å². The Labute approximate surface area is 367 Å². The zero-order chi connectivity index (χ0) is 40.6. The summed E-state index contributed by atoms with van der Waals surface area (Å²) in [6, 6.07) is 63.5. The van der Waals surface area contributed by atoms with Crippen LogP contribution in [0.15, 0.2) is 164 Å². The van der Waals surface area contributed by atoms with E-state index < -0.39 is 0 Å². The van der Waals surface area contributed by atoms with E-state index in [1.165, 1.54) is 108 Å². The maximum atomic E-state index is 2.76. The van der Waals surface area contributed by atoms with E-state index >= 15 is 0 Å². The van der Waals surface area contributed by atoms with Crippen molar-refractivity contribution in [2.45, 2.75) is 81.5 Å². The molecule has 62 heavy (non-hydrogen) atoms. The summed E-state index contributed by atoms with van der Waals surface area (Å²) in [5.74, 6) is 3.80. The highest BCUT2D eigenvalue weighted by molar-refractivity contribution is 5.89. The Balaban J connectivity index is 0.985. The molecule has 0 saturated heterocycles. The fourth-order valence-electron chi connectivity index (χ4n) is 15.8. The SMILES string of the molecule is c1ccc(N(c2ccc3c(c2)Cc2ccccc2-3)c2cccc3c2C24c5c(cccc5N(c5ccccc5)c5ccccc5C56CC7CC(CC(C7)C5)C6)CC2CCC4C3)cc1. The van der Waals surface area contributed by atoms with Gasteiger partial charge in [0.1, 0.15) is 0 Å². The summed E-state index contributed by atoms with van der Waals surface area (Å²) in [5, 5.41) is 0. The summed E-state index contributed by atoms with van der Waals surface area (Å²) in [5.41, 5.74) is 21.7. The highest BCUT2D eigenvalue weighted by atomic mass is 15.2. The summed E-state index contributed by atoms with van der Waals surface area (Å²) in [7, 11) is 0. The predicted octanol–water partition coefficient (Wildman–Crippen LogP) is 15.1. The highest BCUT2D eigenvalue weighted by Crippen LogP contribution is 2.69. The minimum absolute atomic E-state index is 0.0828. The second kappa shape index (κ2) is 13.3. The molecule has 0 radical (unpaired) electrons. The molecule has 7 aromatic carbocycles. The van der Waals surface area contributed by atoms with Gasteiger partial charge in [-0.15, -0.1) is 0 Å². The average Bonchev–Trinajstić information content (AvgIpc) is 4.04. The second-order valence-corrected chi connectivity index (χ2v) is 20.6. The number of para-hydroxylation sites is 3. The molecule has 3 unspecified atom stereocenters. The summed E-state index contributed by atoms with van der Waals surface area (Å²) in [6.45, 7) is 0. The van der Waals surface area contributed by atoms with Gasteiger partial charge in [-0.05, 0) is 210 Å². The second-order valence-electron chi connectivity index (χ2n) is 20.6. The van der Waals surface area contributed by atoms with Crippen molar-refractivity contribution in [2.24, 2.45) is 29.6 Å². The molecule has 7 aromatic rings. The van der Waals surface area contributed by atoms with Crippen LogP contribution in [0.4, 0.5) is 34.1 Å². The Bertz CT molecular complexity index is 2870. The minimum Gasteiger partial charge on any atom is -0.310 e. The molecule has 4 bridgehead atoms. The molecule has 15 rings (SSSR count). The molecule has 2 nitrogen and oxygen atoms in total. The van der Waals surface area contributed by atoms with Gasteiger partial charge in [-0.3, -0.25) is 0 Å². The quantitative estimate of drug-likeness (QED) is 0.158. The molecule has 0 aromatic heterocycles. The van der Waals surface area contributed by atoms with Crippen LogP contribution in [0, 0.1) is 29.6 Å². The highest BCUT2D eigenvalue weighted by Gasteiger charge is 2.62. The lowest BCUT2D eigenvalue weighted by molar-refractivity contribution is -0.00491. The summed E-state index contributed by atoms with van der Waals surface area (Å²) >= 11 is 0. The summed E-state index contributed by atoms with van der Waals surface area (Å²) in [4.78, 5) is 5.39. The van der Waals surface area contributed by atoms with Crippen LogP contribution in [0.5, 0.6) is 0 Å². The topological polar surface area (TPSA) is 6.48 Å². The molecule has 304 valence electrons. The third-order valence-corrected chi connectivity index (χ3v) is 17.5. The van der Waals surface area contributed by atoms with Gasteiger partial charge in [0.2, 0.25) is 0 Å². The maximum Gasteiger partial charge on any atom is 0.0505 e. The monoisotopic (exact) mass is 802 g/mol. The van der Waals surface area contributed by atoms with Crippen LogP contribution in [0.1, 0.15) is 90.3 Å². The summed E-state index contributed by atoms with van der Waals surface area (Å²) in [6.07, 6.45) is 14.3. The van der Waals surface area contributed by atoms with Crippen molar-refractivity contribution in [3.63, 3.8) is 0 Å². The van der Waals surface area contributed by atoms with Crippen molar-refractivity contribution >= 4 is 34.1 Å². The maximum absolute atomic E-state index is 2.76. The lowest BCUT2D eigenvalue weighted by Gasteiger charge is -2.57. The van der Waals surface area contributed by atoms with Crippen molar-refractivity contribution in [1.29, 1.82) is 0 Å². The Morgan fingerprint density at radius 3 is 1.58 bits per heavy atom. The third kappa shape index (κ3) is 4.98. The van der Waals surface area contributed by atoms with Crippen LogP contribution >= 0.6 is 0 Å². The fraction of sp³-hybridized carbons (Fsp3) is 0.300. The van der Waals surface area contributed by atoms with Crippen LogP contribution < -0.4 is 9.80 Å². The first-order valence-electron chi connectivity index (χ1n) is 23.9. The number of rotatable bonds is 7. The molecule has 3 atom stereocenters. The molecule has 5 fully saturated rings. The van der Waals surface area contributed by atoms with E-state index in [4.69, 9.17) is 0 Å². The van der Waals surface area contributed by atoms with Gasteiger partial charge in [0.05, 0.1) is 11.4 Å². The van der Waals surface area contributed by atoms with Crippen molar-refractivity contribution < 1.29 is 0 Å². The number of anilines is 6. The van der Waals surface area contributed by atoms with Crippen LogP contribution in [-0.4, -0.2) is 0 Å². The van der Waals surface area contributed by atoms with Gasteiger partial charge in [-0.1, -0.05) is 109 Å². The van der Waals surface area contributed by atoms with Crippen LogP contribution in [-0.2, 0) is 30.1 Å². The third-order valence-electron chi connectivity index (χ3n) is 17.5. The van der Waals surface area contributed by atoms with E-state index in [2.05, 4.69) is 174 Å². The standard InChI is InChI=1S/C60H54N2/c1-3-16-48(17-4-1)61(50-27-28-52-45(35-50)32-42-13-7-8-20-51(42)52)55-23-11-14-43-33-46-25-26-47-34-44-15-12-24-56(58(44)60(46,47)57(43)55)62(49-18-5-2-6-19-49)54-22-10-9-21-53(54)59-36-39-29-40(37-59)31-41(30-39)38-59/h1-24,27-28,35,39-41,46-47H,25-26,29-34,36-38H2. The average molecular weight is 803 g/mol. The molecule has 1 spiro atoms. The number of fused-ring (bicyclic) bond motifs is 5. The van der Waals surface area contributed by atoms with Crippen LogP contribution in [0.25, 0.3) is 11.1 Å². The molecule has 2 heteroatoms. The first-order chi connectivity index (χ1) is 30.6. The first kappa shape index (κ1) is 35.7. The van der Waals surface area contributed by atoms with Gasteiger partial charge in [-0.25, -0.2) is 0 Å². The lowest BCUT2D eigenvalue weighted by Crippen LogP contribution is -2.49. The van der Waals surface area contributed by atoms with E-state index in [9.17, 15) is 0 Å². The smallest absolute Gasteiger partial charge is 0.0505 e. The van der Waals surface area contributed by atoms with Gasteiger partial charge >= 0.3 is 0 Å². The van der Waals surface area contributed by atoms with Crippen LogP contribution in [0.3, 0.4) is 0 Å². The molecular weight excluding hydrogens is 749 g/mol. The summed E-state index contributed by atoms with van der Waals surface area (Å²) < 4.78 is 0. The van der Waals surface area contributed by atoms with E-state index in [0.717, 1.165) is 37.0 Å². The zero-order valence-corrected chi connectivity index (χ0v) is 35.6. The van der Waals surface area contributed by atoms with Gasteiger partial charge in [-0.2, -0.15) is 0 Å². The lowest BCUT2D eigenvalue weighted by atomic mass is 9.48. The van der Waals surface area contributed by atoms with Crippen molar-refractivity contribution in [1.82, 2.24) is 0 Å². The number of benzene rings is 7. The van der Waals surface area contributed by atoms with E-state index in [0.29, 0.717) is 11.8 Å². The van der Waals surface area contributed by atoms with Crippen molar-refractivity contribution in [3.05, 3.63) is 203 Å². The van der Waals surface area contributed by atoms with E-state index in [1.54, 1.807) is 27.8 Å². The first-order valence-corrected chi connectivity index (χ1v) is 23.9. The zero-order valence-electron chi connectivity index (χ0n) is 35.6. The molecule has 0 N–H and O–H groups in total. The minimum atomic E-state index is -0.0828. The van der Waals surface area contributed by atoms with Crippen LogP contribution in [0.2, 0.25) is 0 Å². The largest absolute Gasteiger partial charge is 0.310 e. The van der Waals surface area contributed by atoms with Gasteiger partial charge in [0.25, 0.3) is 0 Å². The number of nitrogens with zero attached hydrogens (tertiary/aromatic N) is 2. The van der Waals surface area contributed by atoms with Gasteiger partial charge in [0.15, 0.2) is 0 Å². The number of hydrogen-bond acceptors (Lipinski definition) is 2. The van der Waals surface area contributed by atoms with Crippen molar-refractivity contribution in [2.75, 3.05) is 9.80 Å². The number of hydrogen-bond donors (Lipinski definition) is 0. The Morgan fingerprint density at radius 1 is 0.403 bits per heavy atom. The molecule has 8 aliphatic rings. The molecular formula is C60H54N2. The van der Waals surface area contributed by atoms with Gasteiger partial charge in [0, 0.05) is 28.2 Å². The molecule has 0 heterocycles. The fourth-order valence-corrected chi connectivity index (χ4v) is 15.8. The Kier molecular flexibility index (Phi) is 7.67. The normalized spacial score (nSPS) is 27.6. The predicted molar refractivity (Wildman–Crippen MR) is 255 cm³/mol. The molecule has 0 aliphatic heterocycles.